The summed E-state index contributed by atoms with van der Waals surface area (Å²) in [7, 11) is 0. The highest BCUT2D eigenvalue weighted by molar-refractivity contribution is 14.1. The van der Waals surface area contributed by atoms with E-state index < -0.39 is 4.92 Å². The van der Waals surface area contributed by atoms with Crippen LogP contribution >= 0.6 is 22.6 Å². The van der Waals surface area contributed by atoms with Gasteiger partial charge in [-0.25, -0.2) is 5.01 Å². The summed E-state index contributed by atoms with van der Waals surface area (Å²) in [6.45, 7) is 4.27. The number of nitrogens with zero attached hydrogens (tertiary/aromatic N) is 2. The summed E-state index contributed by atoms with van der Waals surface area (Å²) in [5.74, 6) is -0.340. The minimum atomic E-state index is -0.502. The molecule has 3 aromatic carbocycles. The van der Waals surface area contributed by atoms with Gasteiger partial charge < -0.3 is 0 Å². The highest BCUT2D eigenvalue weighted by atomic mass is 127. The second-order valence-electron chi connectivity index (χ2n) is 6.76. The standard InChI is InChI=1S/C22H20IN3O3/c1-15-5-3-6-17(11-15)14-25(24-21-10-9-19(23)12-16(21)2)22(27)18-7-4-8-20(13-18)26(28)29/h3-13,24H,14H2,1-2H3. The first-order valence-electron chi connectivity index (χ1n) is 8.98. The molecule has 0 aliphatic rings. The number of anilines is 1. The third-order valence-electron chi connectivity index (χ3n) is 4.42. The Kier molecular flexibility index (Phi) is 6.48. The first-order chi connectivity index (χ1) is 13.8. The number of hydrazine groups is 1. The Balaban J connectivity index is 1.96. The van der Waals surface area contributed by atoms with Crippen LogP contribution in [0.3, 0.4) is 0 Å². The largest absolute Gasteiger partial charge is 0.295 e. The zero-order valence-electron chi connectivity index (χ0n) is 16.1. The van der Waals surface area contributed by atoms with Gasteiger partial charge in [-0.1, -0.05) is 35.9 Å². The molecular weight excluding hydrogens is 481 g/mol. The molecule has 6 nitrogen and oxygen atoms in total. The van der Waals surface area contributed by atoms with E-state index in [4.69, 9.17) is 0 Å². The maximum atomic E-state index is 13.2. The Morgan fingerprint density at radius 2 is 1.83 bits per heavy atom. The van der Waals surface area contributed by atoms with Crippen molar-refractivity contribution < 1.29 is 9.72 Å². The topological polar surface area (TPSA) is 75.5 Å². The molecule has 148 valence electrons. The summed E-state index contributed by atoms with van der Waals surface area (Å²) in [6.07, 6.45) is 0. The van der Waals surface area contributed by atoms with E-state index in [1.54, 1.807) is 6.07 Å². The van der Waals surface area contributed by atoms with E-state index in [0.717, 1.165) is 25.9 Å². The van der Waals surface area contributed by atoms with Crippen LogP contribution in [0.2, 0.25) is 0 Å². The van der Waals surface area contributed by atoms with Gasteiger partial charge in [0, 0.05) is 21.3 Å². The Hall–Kier alpha value is -2.94. The molecule has 3 aromatic rings. The molecule has 0 fully saturated rings. The number of carbonyl (C=O) groups excluding carboxylic acids is 1. The minimum absolute atomic E-state index is 0.114. The molecule has 0 radical (unpaired) electrons. The monoisotopic (exact) mass is 501 g/mol. The second-order valence-corrected chi connectivity index (χ2v) is 8.00. The molecule has 0 saturated heterocycles. The summed E-state index contributed by atoms with van der Waals surface area (Å²) in [6, 6.07) is 19.6. The van der Waals surface area contributed by atoms with Gasteiger partial charge in [-0.15, -0.1) is 0 Å². The number of nitrogens with one attached hydrogen (secondary N) is 1. The summed E-state index contributed by atoms with van der Waals surface area (Å²) in [5.41, 5.74) is 7.19. The molecule has 0 spiro atoms. The Morgan fingerprint density at radius 3 is 2.52 bits per heavy atom. The lowest BCUT2D eigenvalue weighted by molar-refractivity contribution is -0.384. The quantitative estimate of drug-likeness (QED) is 0.276. The van der Waals surface area contributed by atoms with Gasteiger partial charge >= 0.3 is 0 Å². The fraction of sp³-hybridized carbons (Fsp3) is 0.136. The van der Waals surface area contributed by atoms with Crippen molar-refractivity contribution in [1.29, 1.82) is 0 Å². The first-order valence-corrected chi connectivity index (χ1v) is 10.1. The molecular formula is C22H20IN3O3. The number of nitro groups is 1. The molecule has 0 bridgehead atoms. The van der Waals surface area contributed by atoms with Crippen molar-refractivity contribution >= 4 is 39.9 Å². The van der Waals surface area contributed by atoms with Crippen molar-refractivity contribution in [2.24, 2.45) is 0 Å². The third-order valence-corrected chi connectivity index (χ3v) is 5.09. The van der Waals surface area contributed by atoms with Gasteiger partial charge in [0.1, 0.15) is 0 Å². The van der Waals surface area contributed by atoms with Crippen LogP contribution in [0.5, 0.6) is 0 Å². The van der Waals surface area contributed by atoms with Crippen LogP contribution in [0.25, 0.3) is 0 Å². The molecule has 0 aliphatic heterocycles. The van der Waals surface area contributed by atoms with E-state index >= 15 is 0 Å². The summed E-state index contributed by atoms with van der Waals surface area (Å²) >= 11 is 2.24. The molecule has 0 unspecified atom stereocenters. The molecule has 0 aliphatic carbocycles. The van der Waals surface area contributed by atoms with E-state index in [0.29, 0.717) is 6.54 Å². The lowest BCUT2D eigenvalue weighted by Gasteiger charge is -2.26. The van der Waals surface area contributed by atoms with E-state index in [1.807, 2.05) is 56.3 Å². The maximum Gasteiger partial charge on any atom is 0.272 e. The molecule has 29 heavy (non-hydrogen) atoms. The van der Waals surface area contributed by atoms with Gasteiger partial charge in [0.2, 0.25) is 0 Å². The van der Waals surface area contributed by atoms with E-state index in [-0.39, 0.29) is 17.2 Å². The summed E-state index contributed by atoms with van der Waals surface area (Å²) in [5, 5.41) is 12.6. The number of halogens is 1. The Morgan fingerprint density at radius 1 is 1.07 bits per heavy atom. The first kappa shape index (κ1) is 20.8. The van der Waals surface area contributed by atoms with Crippen LogP contribution in [-0.4, -0.2) is 15.8 Å². The number of non-ortho nitro benzene ring substituents is 1. The van der Waals surface area contributed by atoms with Crippen LogP contribution in [0.4, 0.5) is 11.4 Å². The number of carbonyl (C=O) groups is 1. The number of nitro benzene ring substituents is 1. The molecule has 3 rings (SSSR count). The van der Waals surface area contributed by atoms with Crippen LogP contribution in [0, 0.1) is 27.5 Å². The fourth-order valence-electron chi connectivity index (χ4n) is 2.96. The van der Waals surface area contributed by atoms with Crippen molar-refractivity contribution in [3.8, 4) is 0 Å². The van der Waals surface area contributed by atoms with Gasteiger partial charge in [0.05, 0.1) is 17.2 Å². The minimum Gasteiger partial charge on any atom is -0.295 e. The summed E-state index contributed by atoms with van der Waals surface area (Å²) in [4.78, 5) is 23.8. The molecule has 1 N–H and O–H groups in total. The summed E-state index contributed by atoms with van der Waals surface area (Å²) < 4.78 is 1.10. The van der Waals surface area contributed by atoms with Crippen LogP contribution < -0.4 is 5.43 Å². The highest BCUT2D eigenvalue weighted by Crippen LogP contribution is 2.22. The second kappa shape index (κ2) is 9.04. The van der Waals surface area contributed by atoms with E-state index in [2.05, 4.69) is 28.0 Å². The van der Waals surface area contributed by atoms with Crippen LogP contribution in [0.1, 0.15) is 27.0 Å². The molecule has 0 saturated carbocycles. The third kappa shape index (κ3) is 5.32. The van der Waals surface area contributed by atoms with Gasteiger partial charge in [-0.3, -0.25) is 20.3 Å². The van der Waals surface area contributed by atoms with Crippen molar-refractivity contribution in [1.82, 2.24) is 5.01 Å². The van der Waals surface area contributed by atoms with Gasteiger partial charge in [-0.2, -0.15) is 0 Å². The molecule has 0 aromatic heterocycles. The van der Waals surface area contributed by atoms with Gasteiger partial charge in [0.15, 0.2) is 0 Å². The maximum absolute atomic E-state index is 13.2. The molecule has 1 amide bonds. The van der Waals surface area contributed by atoms with E-state index in [9.17, 15) is 14.9 Å². The normalized spacial score (nSPS) is 10.4. The SMILES string of the molecule is Cc1cccc(CN(Nc2ccc(I)cc2C)C(=O)c2cccc([N+](=O)[O-])c2)c1. The predicted molar refractivity (Wildman–Crippen MR) is 122 cm³/mol. The average molecular weight is 501 g/mol. The van der Waals surface area contributed by atoms with Crippen molar-refractivity contribution in [2.75, 3.05) is 5.43 Å². The number of rotatable bonds is 6. The Bertz CT molecular complexity index is 1070. The lowest BCUT2D eigenvalue weighted by atomic mass is 10.1. The number of hydrogen-bond acceptors (Lipinski definition) is 4. The smallest absolute Gasteiger partial charge is 0.272 e. The van der Waals surface area contributed by atoms with Crippen molar-refractivity contribution in [2.45, 2.75) is 20.4 Å². The fourth-order valence-corrected chi connectivity index (χ4v) is 3.61. The van der Waals surface area contributed by atoms with Crippen LogP contribution in [0.15, 0.2) is 66.7 Å². The highest BCUT2D eigenvalue weighted by Gasteiger charge is 2.20. The molecule has 0 atom stereocenters. The van der Waals surface area contributed by atoms with Crippen molar-refractivity contribution in [3.05, 3.63) is 103 Å². The van der Waals surface area contributed by atoms with E-state index in [1.165, 1.54) is 23.2 Å². The number of amides is 1. The lowest BCUT2D eigenvalue weighted by Crippen LogP contribution is -2.36. The average Bonchev–Trinajstić information content (AvgIpc) is 2.69. The number of aryl methyl sites for hydroxylation is 2. The molecule has 0 heterocycles. The van der Waals surface area contributed by atoms with Gasteiger partial charge in [-0.05, 0) is 71.8 Å². The Labute approximate surface area is 182 Å². The zero-order chi connectivity index (χ0) is 21.0. The number of hydrogen-bond donors (Lipinski definition) is 1. The van der Waals surface area contributed by atoms with Crippen LogP contribution in [-0.2, 0) is 6.54 Å². The van der Waals surface area contributed by atoms with Gasteiger partial charge in [0.25, 0.3) is 11.6 Å². The number of benzene rings is 3. The molecule has 7 heteroatoms. The predicted octanol–water partition coefficient (Wildman–Crippen LogP) is 5.49. The zero-order valence-corrected chi connectivity index (χ0v) is 18.2. The van der Waals surface area contributed by atoms with Crippen molar-refractivity contribution in [3.63, 3.8) is 0 Å².